The number of hydrogen-bond donors (Lipinski definition) is 1. The Morgan fingerprint density at radius 3 is 2.73 bits per heavy atom. The maximum atomic E-state index is 4.70. The SMILES string of the molecule is CN(C)CCCNc1cc([C-]=Cc2[c-]cccc2)nc2ccccc12.[Y]. The fourth-order valence-corrected chi connectivity index (χ4v) is 2.66. The predicted octanol–water partition coefficient (Wildman–Crippen LogP) is 4.26. The summed E-state index contributed by atoms with van der Waals surface area (Å²) in [5, 5.41) is 4.70. The summed E-state index contributed by atoms with van der Waals surface area (Å²) >= 11 is 0. The maximum Gasteiger partial charge on any atom is 0.0692 e. The fraction of sp³-hybridized carbons (Fsp3) is 0.227. The first kappa shape index (κ1) is 20.8. The molecule has 1 aromatic heterocycles. The summed E-state index contributed by atoms with van der Waals surface area (Å²) in [7, 11) is 4.20. The number of hydrogen-bond acceptors (Lipinski definition) is 3. The van der Waals surface area contributed by atoms with Gasteiger partial charge in [0.05, 0.1) is 5.52 Å². The quantitative estimate of drug-likeness (QED) is 0.459. The summed E-state index contributed by atoms with van der Waals surface area (Å²) in [6.45, 7) is 2.00. The van der Waals surface area contributed by atoms with Gasteiger partial charge in [0.2, 0.25) is 0 Å². The van der Waals surface area contributed by atoms with Gasteiger partial charge in [-0.15, -0.1) is 12.1 Å². The Labute approximate surface area is 181 Å². The molecule has 131 valence electrons. The van der Waals surface area contributed by atoms with Crippen molar-refractivity contribution >= 4 is 22.7 Å². The van der Waals surface area contributed by atoms with Crippen molar-refractivity contribution < 1.29 is 32.7 Å². The molecule has 1 heterocycles. The third-order valence-electron chi connectivity index (χ3n) is 3.92. The van der Waals surface area contributed by atoms with Crippen molar-refractivity contribution in [2.45, 2.75) is 6.42 Å². The van der Waals surface area contributed by atoms with Crippen molar-refractivity contribution in [2.24, 2.45) is 0 Å². The molecule has 0 aliphatic carbocycles. The van der Waals surface area contributed by atoms with Crippen molar-refractivity contribution in [2.75, 3.05) is 32.5 Å². The zero-order valence-electron chi connectivity index (χ0n) is 15.4. The molecular formula is C22H23N3Y-2. The van der Waals surface area contributed by atoms with E-state index in [1.165, 1.54) is 0 Å². The second-order valence-corrected chi connectivity index (χ2v) is 6.26. The van der Waals surface area contributed by atoms with Crippen LogP contribution < -0.4 is 5.32 Å². The van der Waals surface area contributed by atoms with Gasteiger partial charge in [-0.25, -0.2) is 18.2 Å². The Morgan fingerprint density at radius 1 is 1.15 bits per heavy atom. The number of para-hydroxylation sites is 1. The molecule has 4 heteroatoms. The van der Waals surface area contributed by atoms with Crippen LogP contribution in [0.2, 0.25) is 0 Å². The zero-order valence-corrected chi connectivity index (χ0v) is 18.2. The number of pyridine rings is 1. The monoisotopic (exact) mass is 418 g/mol. The minimum absolute atomic E-state index is 0. The van der Waals surface area contributed by atoms with E-state index in [0.29, 0.717) is 0 Å². The Kier molecular flexibility index (Phi) is 8.44. The zero-order chi connectivity index (χ0) is 17.5. The molecule has 1 N–H and O–H groups in total. The van der Waals surface area contributed by atoms with E-state index in [4.69, 9.17) is 4.98 Å². The molecule has 0 unspecified atom stereocenters. The van der Waals surface area contributed by atoms with Crippen LogP contribution in [0.25, 0.3) is 17.0 Å². The molecule has 0 saturated heterocycles. The average Bonchev–Trinajstić information content (AvgIpc) is 2.64. The van der Waals surface area contributed by atoms with Crippen LogP contribution in [0.3, 0.4) is 0 Å². The minimum Gasteiger partial charge on any atom is -0.394 e. The van der Waals surface area contributed by atoms with E-state index in [9.17, 15) is 0 Å². The van der Waals surface area contributed by atoms with Crippen LogP contribution in [0.5, 0.6) is 0 Å². The molecular weight excluding hydrogens is 395 g/mol. The number of nitrogens with one attached hydrogen (secondary N) is 1. The van der Waals surface area contributed by atoms with Crippen LogP contribution in [0, 0.1) is 12.1 Å². The molecule has 3 nitrogen and oxygen atoms in total. The second-order valence-electron chi connectivity index (χ2n) is 6.26. The Balaban J connectivity index is 0.00000243. The van der Waals surface area contributed by atoms with E-state index < -0.39 is 0 Å². The molecule has 3 aromatic rings. The maximum absolute atomic E-state index is 4.70. The van der Waals surface area contributed by atoms with E-state index in [2.05, 4.69) is 48.6 Å². The van der Waals surface area contributed by atoms with Gasteiger partial charge >= 0.3 is 0 Å². The normalized spacial score (nSPS) is 11.0. The molecule has 0 aliphatic heterocycles. The Hall–Kier alpha value is -1.55. The standard InChI is InChI=1S/C22H23N3.Y/c1-25(2)16-8-15-23-22-17-19(14-13-18-9-4-3-5-10-18)24-21-12-7-6-11-20(21)22;/h3-7,9,11-13,17H,8,15-16H2,1-2H3,(H,23,24);/q-2;. The van der Waals surface area contributed by atoms with Crippen LogP contribution in [-0.2, 0) is 32.7 Å². The van der Waals surface area contributed by atoms with Crippen molar-refractivity contribution in [3.05, 3.63) is 78.0 Å². The number of anilines is 1. The molecule has 0 amide bonds. The fourth-order valence-electron chi connectivity index (χ4n) is 2.66. The van der Waals surface area contributed by atoms with E-state index in [-0.39, 0.29) is 32.7 Å². The van der Waals surface area contributed by atoms with Crippen LogP contribution in [-0.4, -0.2) is 37.1 Å². The summed E-state index contributed by atoms with van der Waals surface area (Å²) in [6.07, 6.45) is 6.30. The van der Waals surface area contributed by atoms with Gasteiger partial charge < -0.3 is 10.2 Å². The molecule has 0 aliphatic rings. The Bertz CT molecular complexity index is 844. The van der Waals surface area contributed by atoms with Crippen molar-refractivity contribution in [3.8, 4) is 0 Å². The molecule has 1 radical (unpaired) electrons. The van der Waals surface area contributed by atoms with E-state index >= 15 is 0 Å². The van der Waals surface area contributed by atoms with Crippen LogP contribution in [0.4, 0.5) is 5.69 Å². The molecule has 0 saturated carbocycles. The predicted molar refractivity (Wildman–Crippen MR) is 105 cm³/mol. The third-order valence-corrected chi connectivity index (χ3v) is 3.92. The van der Waals surface area contributed by atoms with Gasteiger partial charge in [0, 0.05) is 44.6 Å². The second kappa shape index (κ2) is 10.6. The number of benzene rings is 2. The molecule has 26 heavy (non-hydrogen) atoms. The van der Waals surface area contributed by atoms with Gasteiger partial charge in [0.1, 0.15) is 0 Å². The summed E-state index contributed by atoms with van der Waals surface area (Å²) in [6, 6.07) is 21.3. The smallest absolute Gasteiger partial charge is 0.0692 e. The van der Waals surface area contributed by atoms with Crippen molar-refractivity contribution in [1.82, 2.24) is 9.88 Å². The van der Waals surface area contributed by atoms with Gasteiger partial charge in [-0.1, -0.05) is 23.9 Å². The molecule has 0 bridgehead atoms. The molecule has 2 aromatic carbocycles. The number of nitrogens with zero attached hydrogens (tertiary/aromatic N) is 2. The first-order valence-corrected chi connectivity index (χ1v) is 8.57. The van der Waals surface area contributed by atoms with Gasteiger partial charge in [-0.3, -0.25) is 10.5 Å². The number of fused-ring (bicyclic) bond motifs is 1. The summed E-state index contributed by atoms with van der Waals surface area (Å²) in [4.78, 5) is 6.90. The molecule has 3 rings (SSSR count). The van der Waals surface area contributed by atoms with Gasteiger partial charge in [0.25, 0.3) is 0 Å². The van der Waals surface area contributed by atoms with E-state index in [1.807, 2.05) is 48.5 Å². The first-order chi connectivity index (χ1) is 12.2. The van der Waals surface area contributed by atoms with Crippen LogP contribution in [0.15, 0.2) is 54.6 Å². The summed E-state index contributed by atoms with van der Waals surface area (Å²) < 4.78 is 0. The number of aromatic nitrogens is 1. The van der Waals surface area contributed by atoms with E-state index in [1.54, 1.807) is 0 Å². The van der Waals surface area contributed by atoms with Crippen molar-refractivity contribution in [1.29, 1.82) is 0 Å². The topological polar surface area (TPSA) is 28.2 Å². The van der Waals surface area contributed by atoms with Gasteiger partial charge in [-0.05, 0) is 38.8 Å². The number of rotatable bonds is 7. The minimum atomic E-state index is 0. The molecule has 0 fully saturated rings. The Morgan fingerprint density at radius 2 is 1.96 bits per heavy atom. The summed E-state index contributed by atoms with van der Waals surface area (Å²) in [5.74, 6) is 0. The molecule has 0 atom stereocenters. The largest absolute Gasteiger partial charge is 0.394 e. The van der Waals surface area contributed by atoms with E-state index in [0.717, 1.165) is 47.4 Å². The summed E-state index contributed by atoms with van der Waals surface area (Å²) in [5.41, 5.74) is 3.91. The molecule has 0 spiro atoms. The van der Waals surface area contributed by atoms with Crippen LogP contribution in [0.1, 0.15) is 17.7 Å². The van der Waals surface area contributed by atoms with Crippen molar-refractivity contribution in [3.63, 3.8) is 0 Å². The average molecular weight is 418 g/mol. The van der Waals surface area contributed by atoms with Crippen LogP contribution >= 0.6 is 0 Å². The third kappa shape index (κ3) is 6.01. The van der Waals surface area contributed by atoms with Gasteiger partial charge in [-0.2, -0.15) is 18.2 Å². The first-order valence-electron chi connectivity index (χ1n) is 8.57. The van der Waals surface area contributed by atoms with Gasteiger partial charge in [0.15, 0.2) is 0 Å².